The minimum Gasteiger partial charge on any atom is -0.410 e. The highest BCUT2D eigenvalue weighted by molar-refractivity contribution is 6.15. The summed E-state index contributed by atoms with van der Waals surface area (Å²) in [4.78, 5) is 0. The molecule has 0 saturated heterocycles. The molecular weight excluding hydrogens is 282 g/mol. The van der Waals surface area contributed by atoms with Crippen LogP contribution in [0.1, 0.15) is 11.1 Å². The van der Waals surface area contributed by atoms with Crippen LogP contribution in [0.3, 0.4) is 0 Å². The zero-order valence-corrected chi connectivity index (χ0v) is 12.5. The number of hydrogen-bond acceptors (Lipinski definition) is 2. The van der Waals surface area contributed by atoms with Crippen molar-refractivity contribution < 1.29 is 5.21 Å². The van der Waals surface area contributed by atoms with Gasteiger partial charge in [0.2, 0.25) is 0 Å². The van der Waals surface area contributed by atoms with Crippen LogP contribution in [0.15, 0.2) is 90.1 Å². The molecule has 110 valence electrons. The Morgan fingerprint density at radius 3 is 1.43 bits per heavy atom. The number of nitrogens with zero attached hydrogens (tertiary/aromatic N) is 1. The number of benzene rings is 4. The topological polar surface area (TPSA) is 32.6 Å². The molecular formula is C21H15NO. The molecule has 4 aromatic rings. The van der Waals surface area contributed by atoms with Gasteiger partial charge in [-0.25, -0.2) is 0 Å². The molecule has 0 bridgehead atoms. The summed E-state index contributed by atoms with van der Waals surface area (Å²) in [5, 5.41) is 17.7. The molecule has 0 atom stereocenters. The van der Waals surface area contributed by atoms with Crippen LogP contribution < -0.4 is 0 Å². The largest absolute Gasteiger partial charge is 0.410 e. The van der Waals surface area contributed by atoms with Crippen molar-refractivity contribution in [2.75, 3.05) is 0 Å². The van der Waals surface area contributed by atoms with Gasteiger partial charge in [0, 0.05) is 11.1 Å². The van der Waals surface area contributed by atoms with E-state index >= 15 is 0 Å². The molecule has 0 radical (unpaired) electrons. The van der Waals surface area contributed by atoms with Crippen molar-refractivity contribution in [3.63, 3.8) is 0 Å². The van der Waals surface area contributed by atoms with E-state index in [4.69, 9.17) is 0 Å². The lowest BCUT2D eigenvalue weighted by molar-refractivity contribution is 0.319. The van der Waals surface area contributed by atoms with Gasteiger partial charge in [-0.3, -0.25) is 0 Å². The van der Waals surface area contributed by atoms with E-state index in [2.05, 4.69) is 53.7 Å². The minimum absolute atomic E-state index is 0.585. The van der Waals surface area contributed by atoms with Crippen LogP contribution in [-0.4, -0.2) is 10.9 Å². The quantitative estimate of drug-likeness (QED) is 0.307. The van der Waals surface area contributed by atoms with Crippen molar-refractivity contribution in [1.29, 1.82) is 0 Å². The zero-order chi connectivity index (χ0) is 15.6. The lowest BCUT2D eigenvalue weighted by atomic mass is 9.97. The van der Waals surface area contributed by atoms with E-state index in [1.165, 1.54) is 10.8 Å². The zero-order valence-electron chi connectivity index (χ0n) is 12.5. The highest BCUT2D eigenvalue weighted by Crippen LogP contribution is 2.21. The average molecular weight is 297 g/mol. The molecule has 4 rings (SSSR count). The van der Waals surface area contributed by atoms with E-state index in [-0.39, 0.29) is 0 Å². The Hall–Kier alpha value is -3.13. The smallest absolute Gasteiger partial charge is 0.117 e. The number of oxime groups is 1. The molecule has 0 spiro atoms. The van der Waals surface area contributed by atoms with Gasteiger partial charge in [-0.05, 0) is 33.7 Å². The molecule has 2 heteroatoms. The summed E-state index contributed by atoms with van der Waals surface area (Å²) in [6.07, 6.45) is 0. The Kier molecular flexibility index (Phi) is 3.28. The second kappa shape index (κ2) is 5.58. The summed E-state index contributed by atoms with van der Waals surface area (Å²) in [7, 11) is 0. The number of fused-ring (bicyclic) bond motifs is 2. The van der Waals surface area contributed by atoms with Crippen molar-refractivity contribution in [2.24, 2.45) is 5.16 Å². The van der Waals surface area contributed by atoms with E-state index in [0.717, 1.165) is 21.9 Å². The van der Waals surface area contributed by atoms with E-state index in [0.29, 0.717) is 5.71 Å². The molecule has 0 aliphatic carbocycles. The van der Waals surface area contributed by atoms with Crippen molar-refractivity contribution in [1.82, 2.24) is 0 Å². The van der Waals surface area contributed by atoms with Gasteiger partial charge in [-0.15, -0.1) is 0 Å². The minimum atomic E-state index is 0.585. The van der Waals surface area contributed by atoms with Gasteiger partial charge in [0.1, 0.15) is 5.71 Å². The molecule has 0 heterocycles. The Morgan fingerprint density at radius 2 is 1.00 bits per heavy atom. The molecule has 0 aliphatic heterocycles. The summed E-state index contributed by atoms with van der Waals surface area (Å²) in [6, 6.07) is 28.5. The average Bonchev–Trinajstić information content (AvgIpc) is 2.62. The fraction of sp³-hybridized carbons (Fsp3) is 0. The molecule has 0 aliphatic rings. The Bertz CT molecular complexity index is 953. The van der Waals surface area contributed by atoms with Crippen molar-refractivity contribution in [3.05, 3.63) is 96.1 Å². The normalized spacial score (nSPS) is 10.8. The van der Waals surface area contributed by atoms with Crippen LogP contribution in [0, 0.1) is 0 Å². The molecule has 4 aromatic carbocycles. The lowest BCUT2D eigenvalue weighted by Crippen LogP contribution is -2.03. The van der Waals surface area contributed by atoms with Crippen LogP contribution >= 0.6 is 0 Å². The monoisotopic (exact) mass is 297 g/mol. The predicted octanol–water partition coefficient (Wildman–Crippen LogP) is 5.22. The molecule has 0 fully saturated rings. The molecule has 0 saturated carbocycles. The number of rotatable bonds is 2. The molecule has 0 amide bonds. The van der Waals surface area contributed by atoms with Gasteiger partial charge >= 0.3 is 0 Å². The third-order valence-corrected chi connectivity index (χ3v) is 4.15. The second-order valence-electron chi connectivity index (χ2n) is 5.57. The SMILES string of the molecule is ON=C(c1ccc2ccccc2c1)c1ccc2ccccc2c1. The highest BCUT2D eigenvalue weighted by Gasteiger charge is 2.09. The Labute approximate surface area is 134 Å². The lowest BCUT2D eigenvalue weighted by Gasteiger charge is -2.08. The summed E-state index contributed by atoms with van der Waals surface area (Å²) in [5.74, 6) is 0. The first kappa shape index (κ1) is 13.5. The Morgan fingerprint density at radius 1 is 0.565 bits per heavy atom. The van der Waals surface area contributed by atoms with Crippen LogP contribution in [0.4, 0.5) is 0 Å². The van der Waals surface area contributed by atoms with Crippen LogP contribution in [0.5, 0.6) is 0 Å². The van der Waals surface area contributed by atoms with Gasteiger partial charge in [0.25, 0.3) is 0 Å². The van der Waals surface area contributed by atoms with Gasteiger partial charge in [-0.2, -0.15) is 0 Å². The van der Waals surface area contributed by atoms with Gasteiger partial charge in [0.15, 0.2) is 0 Å². The van der Waals surface area contributed by atoms with Gasteiger partial charge in [0.05, 0.1) is 0 Å². The summed E-state index contributed by atoms with van der Waals surface area (Å²) >= 11 is 0. The first-order chi connectivity index (χ1) is 11.3. The standard InChI is InChI=1S/C21H15NO/c23-22-21(19-11-9-15-5-1-3-7-17(15)13-19)20-12-10-16-6-2-4-8-18(16)14-20/h1-14,23H. The fourth-order valence-corrected chi connectivity index (χ4v) is 2.96. The third kappa shape index (κ3) is 2.44. The maximum atomic E-state index is 9.57. The maximum Gasteiger partial charge on any atom is 0.117 e. The summed E-state index contributed by atoms with van der Waals surface area (Å²) < 4.78 is 0. The van der Waals surface area contributed by atoms with Gasteiger partial charge in [-0.1, -0.05) is 78.0 Å². The first-order valence-corrected chi connectivity index (χ1v) is 7.55. The predicted molar refractivity (Wildman–Crippen MR) is 95.3 cm³/mol. The van der Waals surface area contributed by atoms with Crippen LogP contribution in [0.25, 0.3) is 21.5 Å². The molecule has 1 N–H and O–H groups in total. The highest BCUT2D eigenvalue weighted by atomic mass is 16.4. The van der Waals surface area contributed by atoms with E-state index in [9.17, 15) is 5.21 Å². The van der Waals surface area contributed by atoms with Crippen molar-refractivity contribution in [2.45, 2.75) is 0 Å². The van der Waals surface area contributed by atoms with Crippen molar-refractivity contribution in [3.8, 4) is 0 Å². The molecule has 0 aromatic heterocycles. The van der Waals surface area contributed by atoms with Crippen molar-refractivity contribution >= 4 is 27.3 Å². The summed E-state index contributed by atoms with van der Waals surface area (Å²) in [6.45, 7) is 0. The Balaban J connectivity index is 1.85. The van der Waals surface area contributed by atoms with Gasteiger partial charge < -0.3 is 5.21 Å². The maximum absolute atomic E-state index is 9.57. The van der Waals surface area contributed by atoms with E-state index in [1.54, 1.807) is 0 Å². The fourth-order valence-electron chi connectivity index (χ4n) is 2.96. The molecule has 23 heavy (non-hydrogen) atoms. The van der Waals surface area contributed by atoms with E-state index < -0.39 is 0 Å². The second-order valence-corrected chi connectivity index (χ2v) is 5.57. The van der Waals surface area contributed by atoms with Crippen LogP contribution in [0.2, 0.25) is 0 Å². The summed E-state index contributed by atoms with van der Waals surface area (Å²) in [5.41, 5.74) is 2.39. The molecule has 0 unspecified atom stereocenters. The van der Waals surface area contributed by atoms with E-state index in [1.807, 2.05) is 36.4 Å². The molecule has 2 nitrogen and oxygen atoms in total. The first-order valence-electron chi connectivity index (χ1n) is 7.55. The van der Waals surface area contributed by atoms with Crippen LogP contribution in [-0.2, 0) is 0 Å². The number of hydrogen-bond donors (Lipinski definition) is 1. The third-order valence-electron chi connectivity index (χ3n) is 4.15.